The van der Waals surface area contributed by atoms with Crippen molar-refractivity contribution in [2.24, 2.45) is 0 Å². The van der Waals surface area contributed by atoms with Gasteiger partial charge in [0.05, 0.1) is 58.8 Å². The zero-order chi connectivity index (χ0) is 20.5. The fourth-order valence-electron chi connectivity index (χ4n) is 3.78. The molecule has 0 bridgehead atoms. The van der Waals surface area contributed by atoms with Gasteiger partial charge in [0.25, 0.3) is 0 Å². The highest BCUT2D eigenvalue weighted by molar-refractivity contribution is 5.58. The number of quaternary nitrogens is 1. The first-order valence-electron chi connectivity index (χ1n) is 10.4. The van der Waals surface area contributed by atoms with Gasteiger partial charge >= 0.3 is 0 Å². The lowest BCUT2D eigenvalue weighted by Gasteiger charge is -2.35. The topological polar surface area (TPSA) is 55.6 Å². The Morgan fingerprint density at radius 1 is 1.03 bits per heavy atom. The number of rotatable bonds is 10. The van der Waals surface area contributed by atoms with Gasteiger partial charge in [-0.05, 0) is 25.1 Å². The van der Waals surface area contributed by atoms with E-state index in [1.807, 2.05) is 43.3 Å². The summed E-state index contributed by atoms with van der Waals surface area (Å²) >= 11 is 0. The number of nitrogens with zero attached hydrogens (tertiary/aromatic N) is 1. The number of ether oxygens (including phenoxy) is 3. The number of benzene rings is 2. The maximum Gasteiger partial charge on any atom is 0.142 e. The number of hydrogen-bond donors (Lipinski definition) is 2. The average molecular weight is 402 g/mol. The average Bonchev–Trinajstić information content (AvgIpc) is 2.75. The summed E-state index contributed by atoms with van der Waals surface area (Å²) in [7, 11) is 1.66. The van der Waals surface area contributed by atoms with Crippen molar-refractivity contribution in [3.8, 4) is 11.5 Å². The van der Waals surface area contributed by atoms with Gasteiger partial charge in [-0.25, -0.2) is 0 Å². The first-order valence-corrected chi connectivity index (χ1v) is 10.4. The number of hydrogen-bond acceptors (Lipinski definition) is 5. The first-order chi connectivity index (χ1) is 14.2. The molecule has 2 N–H and O–H groups in total. The second-order valence-electron chi connectivity index (χ2n) is 7.32. The molecule has 0 radical (unpaired) electrons. The third kappa shape index (κ3) is 6.10. The van der Waals surface area contributed by atoms with E-state index >= 15 is 0 Å². The van der Waals surface area contributed by atoms with Crippen LogP contribution in [0.5, 0.6) is 11.5 Å². The molecular formula is C23H33N2O4+. The van der Waals surface area contributed by atoms with Crippen molar-refractivity contribution in [1.29, 1.82) is 0 Å². The molecule has 0 saturated carbocycles. The number of aliphatic hydroxyl groups excluding tert-OH is 1. The van der Waals surface area contributed by atoms with Crippen molar-refractivity contribution < 1.29 is 24.2 Å². The van der Waals surface area contributed by atoms with E-state index in [0.717, 1.165) is 48.9 Å². The van der Waals surface area contributed by atoms with Crippen LogP contribution in [0.1, 0.15) is 12.5 Å². The number of nitrogens with one attached hydrogen (secondary N) is 1. The van der Waals surface area contributed by atoms with E-state index in [2.05, 4.69) is 17.0 Å². The summed E-state index contributed by atoms with van der Waals surface area (Å²) in [5.74, 6) is 1.76. The Labute approximate surface area is 173 Å². The number of methoxy groups -OCH3 is 1. The van der Waals surface area contributed by atoms with Crippen molar-refractivity contribution in [2.45, 2.75) is 19.6 Å². The Bertz CT molecular complexity index is 747. The van der Waals surface area contributed by atoms with Crippen molar-refractivity contribution >= 4 is 5.69 Å². The van der Waals surface area contributed by atoms with Crippen LogP contribution in [-0.4, -0.2) is 64.3 Å². The molecule has 29 heavy (non-hydrogen) atoms. The van der Waals surface area contributed by atoms with Crippen LogP contribution in [0.15, 0.2) is 48.5 Å². The van der Waals surface area contributed by atoms with Gasteiger partial charge in [-0.3, -0.25) is 0 Å². The van der Waals surface area contributed by atoms with E-state index in [0.29, 0.717) is 26.4 Å². The minimum Gasteiger partial charge on any atom is -0.496 e. The minimum absolute atomic E-state index is 0.332. The largest absolute Gasteiger partial charge is 0.496 e. The standard InChI is InChI=1S/C23H32N2O4/c1-3-29-23-11-7-5-9-21(23)25-14-12-24(13-15-25)16-20(26)18-28-17-19-8-4-6-10-22(19)27-2/h4-11,20,26H,3,12-18H2,1-2H3/p+1/t20-/m0/s1. The van der Waals surface area contributed by atoms with Crippen molar-refractivity contribution in [3.05, 3.63) is 54.1 Å². The molecular weight excluding hydrogens is 368 g/mol. The Kier molecular flexibility index (Phi) is 8.16. The quantitative estimate of drug-likeness (QED) is 0.630. The molecule has 6 nitrogen and oxygen atoms in total. The highest BCUT2D eigenvalue weighted by Crippen LogP contribution is 2.27. The summed E-state index contributed by atoms with van der Waals surface area (Å²) in [6, 6.07) is 16.0. The van der Waals surface area contributed by atoms with Gasteiger partial charge in [0.15, 0.2) is 0 Å². The molecule has 1 atom stereocenters. The normalized spacial score (nSPS) is 15.9. The molecule has 2 aromatic rings. The number of para-hydroxylation sites is 3. The Morgan fingerprint density at radius 3 is 2.45 bits per heavy atom. The second-order valence-corrected chi connectivity index (χ2v) is 7.32. The van der Waals surface area contributed by atoms with Crippen LogP contribution < -0.4 is 19.3 Å². The number of aliphatic hydroxyl groups is 1. The molecule has 3 rings (SSSR count). The van der Waals surface area contributed by atoms with Crippen molar-refractivity contribution in [2.75, 3.05) is 57.9 Å². The summed E-state index contributed by atoms with van der Waals surface area (Å²) in [6.45, 7) is 8.04. The lowest BCUT2D eigenvalue weighted by molar-refractivity contribution is -0.903. The minimum atomic E-state index is -0.470. The molecule has 2 aromatic carbocycles. The molecule has 0 spiro atoms. The molecule has 6 heteroatoms. The van der Waals surface area contributed by atoms with Gasteiger partial charge in [0.2, 0.25) is 0 Å². The lowest BCUT2D eigenvalue weighted by atomic mass is 10.2. The Balaban J connectivity index is 1.41. The van der Waals surface area contributed by atoms with Crippen molar-refractivity contribution in [1.82, 2.24) is 0 Å². The third-order valence-corrected chi connectivity index (χ3v) is 5.26. The van der Waals surface area contributed by atoms with E-state index in [-0.39, 0.29) is 0 Å². The highest BCUT2D eigenvalue weighted by atomic mass is 16.5. The molecule has 1 heterocycles. The molecule has 1 fully saturated rings. The Morgan fingerprint density at radius 2 is 1.72 bits per heavy atom. The molecule has 0 amide bonds. The molecule has 1 aliphatic heterocycles. The zero-order valence-electron chi connectivity index (χ0n) is 17.5. The molecule has 1 aliphatic rings. The SMILES string of the molecule is CCOc1ccccc1N1CC[NH+](C[C@H](O)COCc2ccccc2OC)CC1. The van der Waals surface area contributed by atoms with E-state index in [1.165, 1.54) is 4.90 Å². The number of anilines is 1. The van der Waals surface area contributed by atoms with Crippen molar-refractivity contribution in [3.63, 3.8) is 0 Å². The summed E-state index contributed by atoms with van der Waals surface area (Å²) in [4.78, 5) is 3.78. The maximum absolute atomic E-state index is 10.4. The van der Waals surface area contributed by atoms with Gasteiger partial charge in [-0.1, -0.05) is 30.3 Å². The lowest BCUT2D eigenvalue weighted by Crippen LogP contribution is -3.16. The third-order valence-electron chi connectivity index (χ3n) is 5.26. The fraction of sp³-hybridized carbons (Fsp3) is 0.478. The van der Waals surface area contributed by atoms with Gasteiger partial charge in [0.1, 0.15) is 24.1 Å². The maximum atomic E-state index is 10.4. The Hall–Kier alpha value is -2.28. The van der Waals surface area contributed by atoms with E-state index in [9.17, 15) is 5.11 Å². The summed E-state index contributed by atoms with van der Waals surface area (Å²) in [5.41, 5.74) is 2.16. The van der Waals surface area contributed by atoms with Gasteiger partial charge in [-0.15, -0.1) is 0 Å². The van der Waals surface area contributed by atoms with Crippen LogP contribution in [0.4, 0.5) is 5.69 Å². The van der Waals surface area contributed by atoms with Gasteiger partial charge in [0, 0.05) is 5.56 Å². The molecule has 158 valence electrons. The molecule has 0 unspecified atom stereocenters. The fourth-order valence-corrected chi connectivity index (χ4v) is 3.78. The van der Waals surface area contributed by atoms with E-state index in [4.69, 9.17) is 14.2 Å². The summed E-state index contributed by atoms with van der Waals surface area (Å²) in [5, 5.41) is 10.4. The van der Waals surface area contributed by atoms with Crippen LogP contribution in [-0.2, 0) is 11.3 Å². The smallest absolute Gasteiger partial charge is 0.142 e. The van der Waals surface area contributed by atoms with Crippen LogP contribution >= 0.6 is 0 Å². The monoisotopic (exact) mass is 401 g/mol. The van der Waals surface area contributed by atoms with Crippen LogP contribution in [0, 0.1) is 0 Å². The van der Waals surface area contributed by atoms with Crippen LogP contribution in [0.25, 0.3) is 0 Å². The predicted molar refractivity (Wildman–Crippen MR) is 114 cm³/mol. The van der Waals surface area contributed by atoms with Gasteiger partial charge in [-0.2, -0.15) is 0 Å². The number of piperazine rings is 1. The highest BCUT2D eigenvalue weighted by Gasteiger charge is 2.24. The molecule has 0 aromatic heterocycles. The molecule has 1 saturated heterocycles. The van der Waals surface area contributed by atoms with E-state index < -0.39 is 6.10 Å². The van der Waals surface area contributed by atoms with Crippen LogP contribution in [0.3, 0.4) is 0 Å². The zero-order valence-corrected chi connectivity index (χ0v) is 17.5. The van der Waals surface area contributed by atoms with Gasteiger partial charge < -0.3 is 29.1 Å². The first kappa shape index (κ1) is 21.4. The predicted octanol–water partition coefficient (Wildman–Crippen LogP) is 1.38. The summed E-state index contributed by atoms with van der Waals surface area (Å²) < 4.78 is 16.8. The summed E-state index contributed by atoms with van der Waals surface area (Å²) in [6.07, 6.45) is -0.470. The molecule has 0 aliphatic carbocycles. The van der Waals surface area contributed by atoms with Crippen LogP contribution in [0.2, 0.25) is 0 Å². The second kappa shape index (κ2) is 11.0. The van der Waals surface area contributed by atoms with E-state index in [1.54, 1.807) is 7.11 Å².